The van der Waals surface area contributed by atoms with Gasteiger partial charge in [0.2, 0.25) is 0 Å². The number of nitrogens with zero attached hydrogens (tertiary/aromatic N) is 4. The Morgan fingerprint density at radius 1 is 1.00 bits per heavy atom. The van der Waals surface area contributed by atoms with E-state index in [4.69, 9.17) is 21.0 Å². The highest BCUT2D eigenvalue weighted by molar-refractivity contribution is 5.23. The van der Waals surface area contributed by atoms with Crippen LogP contribution in [0.4, 0.5) is 0 Å². The molecule has 1 rings (SSSR count). The molecule has 0 bridgehead atoms. The van der Waals surface area contributed by atoms with Crippen LogP contribution < -0.4 is 0 Å². The van der Waals surface area contributed by atoms with E-state index in [-0.39, 0.29) is 5.92 Å². The Kier molecular flexibility index (Phi) is 2.71. The molecule has 4 nitrogen and oxygen atoms in total. The Morgan fingerprint density at radius 2 is 1.64 bits per heavy atom. The van der Waals surface area contributed by atoms with Crippen molar-refractivity contribution in [2.45, 2.75) is 19.3 Å². The first-order chi connectivity index (χ1) is 6.72. The summed E-state index contributed by atoms with van der Waals surface area (Å²) >= 11 is 0. The molecule has 1 saturated carbocycles. The third-order valence-corrected chi connectivity index (χ3v) is 2.74. The van der Waals surface area contributed by atoms with E-state index in [2.05, 4.69) is 6.07 Å². The van der Waals surface area contributed by atoms with Crippen LogP contribution in [0.2, 0.25) is 0 Å². The van der Waals surface area contributed by atoms with Crippen LogP contribution in [0.25, 0.3) is 0 Å². The first-order valence-electron chi connectivity index (χ1n) is 4.34. The number of hydrogen-bond acceptors (Lipinski definition) is 4. The SMILES string of the molecule is N#CC1CCC(C#N)(C#N)C(C#N)C1. The predicted molar refractivity (Wildman–Crippen MR) is 45.7 cm³/mol. The van der Waals surface area contributed by atoms with Crippen molar-refractivity contribution < 1.29 is 0 Å². The fourth-order valence-corrected chi connectivity index (χ4v) is 1.75. The molecule has 0 amide bonds. The average Bonchev–Trinajstić information content (AvgIpc) is 2.28. The maximum Gasteiger partial charge on any atom is 0.159 e. The zero-order valence-electron chi connectivity index (χ0n) is 7.56. The lowest BCUT2D eigenvalue weighted by Crippen LogP contribution is -2.33. The second kappa shape index (κ2) is 3.78. The second-order valence-electron chi connectivity index (χ2n) is 3.48. The average molecular weight is 184 g/mol. The van der Waals surface area contributed by atoms with Gasteiger partial charge in [-0.25, -0.2) is 0 Å². The summed E-state index contributed by atoms with van der Waals surface area (Å²) < 4.78 is 0. The molecule has 0 aromatic rings. The third kappa shape index (κ3) is 1.39. The van der Waals surface area contributed by atoms with E-state index in [9.17, 15) is 0 Å². The molecule has 0 aromatic carbocycles. The number of rotatable bonds is 0. The summed E-state index contributed by atoms with van der Waals surface area (Å²) in [5.74, 6) is -0.814. The van der Waals surface area contributed by atoms with Crippen LogP contribution in [0, 0.1) is 62.6 Å². The Hall–Kier alpha value is -2.04. The third-order valence-electron chi connectivity index (χ3n) is 2.74. The zero-order chi connectivity index (χ0) is 10.6. The lowest BCUT2D eigenvalue weighted by molar-refractivity contribution is 0.239. The maximum absolute atomic E-state index is 8.90. The molecule has 68 valence electrons. The Morgan fingerprint density at radius 3 is 2.07 bits per heavy atom. The van der Waals surface area contributed by atoms with E-state index >= 15 is 0 Å². The molecule has 0 N–H and O–H groups in total. The van der Waals surface area contributed by atoms with Gasteiger partial charge in [0.05, 0.1) is 30.2 Å². The van der Waals surface area contributed by atoms with Crippen LogP contribution in [0.15, 0.2) is 0 Å². The minimum absolute atomic E-state index is 0.186. The predicted octanol–water partition coefficient (Wildman–Crippen LogP) is 1.48. The molecular weight excluding hydrogens is 176 g/mol. The molecule has 2 atom stereocenters. The highest BCUT2D eigenvalue weighted by atomic mass is 14.5. The largest absolute Gasteiger partial charge is 0.198 e. The molecular formula is C10H8N4. The van der Waals surface area contributed by atoms with E-state index in [0.717, 1.165) is 0 Å². The topological polar surface area (TPSA) is 95.2 Å². The Balaban J connectivity index is 2.96. The normalized spacial score (nSPS) is 28.9. The molecule has 0 radical (unpaired) electrons. The quantitative estimate of drug-likeness (QED) is 0.569. The summed E-state index contributed by atoms with van der Waals surface area (Å²) in [7, 11) is 0. The highest BCUT2D eigenvalue weighted by Crippen LogP contribution is 2.42. The van der Waals surface area contributed by atoms with Gasteiger partial charge in [-0.2, -0.15) is 21.0 Å². The van der Waals surface area contributed by atoms with Crippen molar-refractivity contribution in [2.24, 2.45) is 17.3 Å². The molecule has 1 aliphatic carbocycles. The van der Waals surface area contributed by atoms with Gasteiger partial charge in [-0.1, -0.05) is 0 Å². The summed E-state index contributed by atoms with van der Waals surface area (Å²) in [6.45, 7) is 0. The number of nitriles is 4. The zero-order valence-corrected chi connectivity index (χ0v) is 7.56. The van der Waals surface area contributed by atoms with Crippen LogP contribution >= 0.6 is 0 Å². The molecule has 0 saturated heterocycles. The van der Waals surface area contributed by atoms with Gasteiger partial charge in [0, 0.05) is 5.92 Å². The van der Waals surface area contributed by atoms with Gasteiger partial charge in [-0.3, -0.25) is 0 Å². The van der Waals surface area contributed by atoms with Gasteiger partial charge in [0.25, 0.3) is 0 Å². The second-order valence-corrected chi connectivity index (χ2v) is 3.48. The summed E-state index contributed by atoms with van der Waals surface area (Å²) in [6.07, 6.45) is 1.21. The molecule has 0 aliphatic heterocycles. The van der Waals surface area contributed by atoms with Crippen molar-refractivity contribution in [2.75, 3.05) is 0 Å². The van der Waals surface area contributed by atoms with E-state index in [1.807, 2.05) is 18.2 Å². The molecule has 0 spiro atoms. The fourth-order valence-electron chi connectivity index (χ4n) is 1.75. The van der Waals surface area contributed by atoms with Crippen molar-refractivity contribution in [3.05, 3.63) is 0 Å². The Labute approximate surface area is 82.6 Å². The molecule has 14 heavy (non-hydrogen) atoms. The van der Waals surface area contributed by atoms with E-state index < -0.39 is 11.3 Å². The minimum atomic E-state index is -1.19. The van der Waals surface area contributed by atoms with Crippen molar-refractivity contribution in [3.8, 4) is 24.3 Å². The fraction of sp³-hybridized carbons (Fsp3) is 0.600. The molecule has 1 fully saturated rings. The smallest absolute Gasteiger partial charge is 0.159 e. The first-order valence-corrected chi connectivity index (χ1v) is 4.34. The summed E-state index contributed by atoms with van der Waals surface area (Å²) in [5, 5.41) is 35.3. The molecule has 0 heterocycles. The monoisotopic (exact) mass is 184 g/mol. The first kappa shape index (κ1) is 10.0. The van der Waals surface area contributed by atoms with E-state index in [0.29, 0.717) is 19.3 Å². The van der Waals surface area contributed by atoms with Gasteiger partial charge in [-0.15, -0.1) is 0 Å². The highest BCUT2D eigenvalue weighted by Gasteiger charge is 2.45. The Bertz CT molecular complexity index is 370. The number of hydrogen-bond donors (Lipinski definition) is 0. The van der Waals surface area contributed by atoms with Gasteiger partial charge in [-0.05, 0) is 19.3 Å². The maximum atomic E-state index is 8.90. The van der Waals surface area contributed by atoms with Gasteiger partial charge in [0.1, 0.15) is 0 Å². The van der Waals surface area contributed by atoms with E-state index in [1.165, 1.54) is 0 Å². The van der Waals surface area contributed by atoms with Crippen LogP contribution in [0.3, 0.4) is 0 Å². The summed E-state index contributed by atoms with van der Waals surface area (Å²) in [5.41, 5.74) is -1.19. The molecule has 1 aliphatic rings. The van der Waals surface area contributed by atoms with Crippen molar-refractivity contribution in [1.82, 2.24) is 0 Å². The van der Waals surface area contributed by atoms with Gasteiger partial charge >= 0.3 is 0 Å². The van der Waals surface area contributed by atoms with Crippen LogP contribution in [-0.4, -0.2) is 0 Å². The standard InChI is InChI=1S/C10H8N4/c11-4-8-1-2-10(6-13,7-14)9(3-8)5-12/h8-9H,1-3H2. The molecule has 0 aromatic heterocycles. The van der Waals surface area contributed by atoms with E-state index in [1.54, 1.807) is 0 Å². The lowest BCUT2D eigenvalue weighted by atomic mass is 9.65. The lowest BCUT2D eigenvalue weighted by Gasteiger charge is -2.30. The summed E-state index contributed by atoms with van der Waals surface area (Å²) in [4.78, 5) is 0. The van der Waals surface area contributed by atoms with Gasteiger partial charge in [0.15, 0.2) is 5.41 Å². The van der Waals surface area contributed by atoms with Crippen LogP contribution in [0.1, 0.15) is 19.3 Å². The van der Waals surface area contributed by atoms with Gasteiger partial charge < -0.3 is 0 Å². The molecule has 4 heteroatoms. The van der Waals surface area contributed by atoms with Crippen LogP contribution in [0.5, 0.6) is 0 Å². The van der Waals surface area contributed by atoms with Crippen molar-refractivity contribution in [1.29, 1.82) is 21.0 Å². The van der Waals surface area contributed by atoms with Crippen LogP contribution in [-0.2, 0) is 0 Å². The minimum Gasteiger partial charge on any atom is -0.198 e. The van der Waals surface area contributed by atoms with Crippen molar-refractivity contribution >= 4 is 0 Å². The molecule has 2 unspecified atom stereocenters. The summed E-state index contributed by atoms with van der Waals surface area (Å²) in [6, 6.07) is 7.89. The van der Waals surface area contributed by atoms with Crippen molar-refractivity contribution in [3.63, 3.8) is 0 Å².